The van der Waals surface area contributed by atoms with Crippen LogP contribution >= 0.6 is 23.5 Å². The molecule has 2 nitrogen and oxygen atoms in total. The van der Waals surface area contributed by atoms with Crippen LogP contribution in [0, 0.1) is 0 Å². The standard InChI is InChI=1S/C11H20O2S2/c1-3-5-10(13-9-12-2)8-11-14-6-4-7-15-11/h3,10-11H,1,4-9H2,2H3/t10-/m1/s1. The van der Waals surface area contributed by atoms with Gasteiger partial charge in [0.15, 0.2) is 0 Å². The van der Waals surface area contributed by atoms with Crippen molar-refractivity contribution in [2.75, 3.05) is 25.4 Å². The molecule has 88 valence electrons. The minimum atomic E-state index is 0.269. The van der Waals surface area contributed by atoms with Gasteiger partial charge in [-0.05, 0) is 30.8 Å². The maximum atomic E-state index is 5.61. The van der Waals surface area contributed by atoms with Crippen LogP contribution in [-0.2, 0) is 9.47 Å². The Morgan fingerprint density at radius 2 is 2.20 bits per heavy atom. The summed E-state index contributed by atoms with van der Waals surface area (Å²) in [6, 6.07) is 0. The van der Waals surface area contributed by atoms with Crippen LogP contribution in [0.1, 0.15) is 19.3 Å². The molecule has 0 radical (unpaired) electrons. The van der Waals surface area contributed by atoms with Crippen LogP contribution in [0.2, 0.25) is 0 Å². The van der Waals surface area contributed by atoms with Gasteiger partial charge in [-0.15, -0.1) is 30.1 Å². The van der Waals surface area contributed by atoms with Crippen molar-refractivity contribution in [1.82, 2.24) is 0 Å². The molecule has 0 amide bonds. The molecule has 1 rings (SSSR count). The highest BCUT2D eigenvalue weighted by atomic mass is 32.2. The highest BCUT2D eigenvalue weighted by Crippen LogP contribution is 2.34. The van der Waals surface area contributed by atoms with Crippen LogP contribution in [-0.4, -0.2) is 36.1 Å². The summed E-state index contributed by atoms with van der Waals surface area (Å²) in [7, 11) is 1.66. The number of hydrogen-bond acceptors (Lipinski definition) is 4. The fourth-order valence-electron chi connectivity index (χ4n) is 1.47. The van der Waals surface area contributed by atoms with Crippen molar-refractivity contribution in [3.8, 4) is 0 Å². The molecule has 0 aromatic heterocycles. The second-order valence-corrected chi connectivity index (χ2v) is 6.40. The molecule has 0 unspecified atom stereocenters. The first kappa shape index (κ1) is 13.4. The largest absolute Gasteiger partial charge is 0.359 e. The molecule has 0 saturated carbocycles. The van der Waals surface area contributed by atoms with E-state index in [-0.39, 0.29) is 6.10 Å². The molecule has 0 aliphatic carbocycles. The maximum Gasteiger partial charge on any atom is 0.146 e. The first-order valence-electron chi connectivity index (χ1n) is 5.31. The van der Waals surface area contributed by atoms with Gasteiger partial charge in [0.2, 0.25) is 0 Å². The minimum absolute atomic E-state index is 0.269. The van der Waals surface area contributed by atoms with Crippen molar-refractivity contribution >= 4 is 23.5 Å². The highest BCUT2D eigenvalue weighted by molar-refractivity contribution is 8.17. The average Bonchev–Trinajstić information content (AvgIpc) is 2.28. The van der Waals surface area contributed by atoms with Crippen molar-refractivity contribution < 1.29 is 9.47 Å². The molecule has 1 saturated heterocycles. The molecule has 1 aliphatic heterocycles. The zero-order valence-corrected chi connectivity index (χ0v) is 10.9. The lowest BCUT2D eigenvalue weighted by atomic mass is 10.2. The highest BCUT2D eigenvalue weighted by Gasteiger charge is 2.19. The number of hydrogen-bond donors (Lipinski definition) is 0. The van der Waals surface area contributed by atoms with Crippen molar-refractivity contribution in [2.24, 2.45) is 0 Å². The van der Waals surface area contributed by atoms with Crippen LogP contribution in [0.5, 0.6) is 0 Å². The fraction of sp³-hybridized carbons (Fsp3) is 0.818. The van der Waals surface area contributed by atoms with Crippen molar-refractivity contribution in [2.45, 2.75) is 29.9 Å². The summed E-state index contributed by atoms with van der Waals surface area (Å²) in [5.41, 5.74) is 0. The fourth-order valence-corrected chi connectivity index (χ4v) is 4.46. The van der Waals surface area contributed by atoms with Crippen LogP contribution in [0.25, 0.3) is 0 Å². The summed E-state index contributed by atoms with van der Waals surface area (Å²) in [6.45, 7) is 4.16. The van der Waals surface area contributed by atoms with E-state index in [9.17, 15) is 0 Å². The maximum absolute atomic E-state index is 5.61. The molecule has 15 heavy (non-hydrogen) atoms. The summed E-state index contributed by atoms with van der Waals surface area (Å²) in [4.78, 5) is 0. The van der Waals surface area contributed by atoms with Gasteiger partial charge in [-0.3, -0.25) is 0 Å². The average molecular weight is 248 g/mol. The molecule has 0 spiro atoms. The van der Waals surface area contributed by atoms with E-state index in [1.54, 1.807) is 7.11 Å². The third-order valence-electron chi connectivity index (χ3n) is 2.20. The Morgan fingerprint density at radius 3 is 2.80 bits per heavy atom. The van der Waals surface area contributed by atoms with E-state index in [1.807, 2.05) is 6.08 Å². The molecule has 0 aromatic rings. The van der Waals surface area contributed by atoms with E-state index in [0.717, 1.165) is 12.8 Å². The third-order valence-corrected chi connectivity index (χ3v) is 5.20. The van der Waals surface area contributed by atoms with E-state index in [4.69, 9.17) is 9.47 Å². The second kappa shape index (κ2) is 8.50. The Bertz CT molecular complexity index is 170. The quantitative estimate of drug-likeness (QED) is 0.509. The summed E-state index contributed by atoms with van der Waals surface area (Å²) < 4.78 is 11.2. The van der Waals surface area contributed by atoms with Gasteiger partial charge < -0.3 is 9.47 Å². The Balaban J connectivity index is 2.24. The van der Waals surface area contributed by atoms with Gasteiger partial charge in [0, 0.05) is 7.11 Å². The van der Waals surface area contributed by atoms with Crippen LogP contribution < -0.4 is 0 Å². The molecule has 0 N–H and O–H groups in total. The SMILES string of the molecule is C=CC[C@H](CC1SCCCS1)OCOC. The molecule has 1 atom stereocenters. The number of thioether (sulfide) groups is 2. The zero-order chi connectivity index (χ0) is 10.9. The Labute approximate surface area is 101 Å². The predicted octanol–water partition coefficient (Wildman–Crippen LogP) is 3.14. The van der Waals surface area contributed by atoms with Gasteiger partial charge in [0.05, 0.1) is 10.7 Å². The third kappa shape index (κ3) is 5.85. The van der Waals surface area contributed by atoms with Gasteiger partial charge in [0.25, 0.3) is 0 Å². The van der Waals surface area contributed by atoms with Gasteiger partial charge in [-0.25, -0.2) is 0 Å². The van der Waals surface area contributed by atoms with Gasteiger partial charge >= 0.3 is 0 Å². The molecular formula is C11H20O2S2. The second-order valence-electron chi connectivity index (χ2n) is 3.48. The van der Waals surface area contributed by atoms with E-state index in [0.29, 0.717) is 11.4 Å². The summed E-state index contributed by atoms with van der Waals surface area (Å²) in [6.07, 6.45) is 5.56. The predicted molar refractivity (Wildman–Crippen MR) is 69.5 cm³/mol. The van der Waals surface area contributed by atoms with Gasteiger partial charge in [0.1, 0.15) is 6.79 Å². The Morgan fingerprint density at radius 1 is 1.47 bits per heavy atom. The molecule has 4 heteroatoms. The lowest BCUT2D eigenvalue weighted by Crippen LogP contribution is -2.20. The summed E-state index contributed by atoms with van der Waals surface area (Å²) >= 11 is 4.12. The van der Waals surface area contributed by atoms with Gasteiger partial charge in [-0.1, -0.05) is 6.08 Å². The minimum Gasteiger partial charge on any atom is -0.359 e. The summed E-state index contributed by atoms with van der Waals surface area (Å²) in [5, 5.41) is 0. The van der Waals surface area contributed by atoms with Crippen molar-refractivity contribution in [1.29, 1.82) is 0 Å². The van der Waals surface area contributed by atoms with Crippen LogP contribution in [0.15, 0.2) is 12.7 Å². The molecular weight excluding hydrogens is 228 g/mol. The first-order chi connectivity index (χ1) is 7.36. The molecule has 1 aliphatic rings. The summed E-state index contributed by atoms with van der Waals surface area (Å²) in [5.74, 6) is 2.59. The van der Waals surface area contributed by atoms with Crippen LogP contribution in [0.4, 0.5) is 0 Å². The van der Waals surface area contributed by atoms with E-state index in [2.05, 4.69) is 30.1 Å². The Hall–Kier alpha value is 0.360. The Kier molecular flexibility index (Phi) is 7.61. The van der Waals surface area contributed by atoms with Gasteiger partial charge in [-0.2, -0.15) is 0 Å². The molecule has 0 aromatic carbocycles. The normalized spacial score (nSPS) is 20.1. The van der Waals surface area contributed by atoms with E-state index < -0.39 is 0 Å². The van der Waals surface area contributed by atoms with E-state index >= 15 is 0 Å². The first-order valence-corrected chi connectivity index (χ1v) is 7.41. The number of ether oxygens (including phenoxy) is 2. The number of methoxy groups -OCH3 is 1. The monoisotopic (exact) mass is 248 g/mol. The lowest BCUT2D eigenvalue weighted by Gasteiger charge is -2.25. The van der Waals surface area contributed by atoms with Crippen molar-refractivity contribution in [3.63, 3.8) is 0 Å². The topological polar surface area (TPSA) is 18.5 Å². The van der Waals surface area contributed by atoms with Crippen molar-refractivity contribution in [3.05, 3.63) is 12.7 Å². The van der Waals surface area contributed by atoms with E-state index in [1.165, 1.54) is 17.9 Å². The smallest absolute Gasteiger partial charge is 0.146 e. The lowest BCUT2D eigenvalue weighted by molar-refractivity contribution is -0.0713. The molecule has 1 fully saturated rings. The van der Waals surface area contributed by atoms with Crippen LogP contribution in [0.3, 0.4) is 0 Å². The zero-order valence-electron chi connectivity index (χ0n) is 9.31. The molecule has 1 heterocycles. The number of rotatable bonds is 7. The molecule has 0 bridgehead atoms.